The van der Waals surface area contributed by atoms with Gasteiger partial charge in [-0.1, -0.05) is 346 Å². The van der Waals surface area contributed by atoms with Crippen LogP contribution in [0.5, 0.6) is 0 Å². The normalized spacial score (nSPS) is 12.7. The van der Waals surface area contributed by atoms with Gasteiger partial charge < -0.3 is 20.3 Å². The van der Waals surface area contributed by atoms with Crippen molar-refractivity contribution in [2.75, 3.05) is 13.2 Å². The van der Waals surface area contributed by atoms with Crippen LogP contribution in [0.3, 0.4) is 0 Å². The molecule has 0 heterocycles. The maximum atomic E-state index is 12.5. The standard InChI is InChI=1S/C75H143NO5/c1-3-5-7-9-11-13-15-17-18-40-44-47-51-55-59-63-67-73(78)72(71-77)76-74(79)68-64-60-56-52-48-45-41-38-36-34-32-30-28-26-24-22-20-19-21-23-25-27-29-31-33-35-37-39-42-46-50-54-58-62-66-70-81-75(80)69-65-61-57-53-49-43-16-14-12-10-8-6-4-2/h14,16,21,23,27,29,72-73,77-78H,3-13,15,17-20,22,24-26,28,30-71H2,1-2H3,(H,76,79)/b16-14-,23-21-,29-27-. The Morgan fingerprint density at radius 2 is 0.617 bits per heavy atom. The molecule has 0 aliphatic rings. The molecule has 2 unspecified atom stereocenters. The zero-order valence-electron chi connectivity index (χ0n) is 54.8. The van der Waals surface area contributed by atoms with Crippen LogP contribution in [0.2, 0.25) is 0 Å². The van der Waals surface area contributed by atoms with Crippen LogP contribution in [0.25, 0.3) is 0 Å². The van der Waals surface area contributed by atoms with Gasteiger partial charge in [-0.15, -0.1) is 0 Å². The average molecular weight is 1140 g/mol. The van der Waals surface area contributed by atoms with E-state index in [4.69, 9.17) is 4.74 Å². The second-order valence-electron chi connectivity index (χ2n) is 25.3. The van der Waals surface area contributed by atoms with E-state index in [2.05, 4.69) is 55.6 Å². The molecule has 0 fully saturated rings. The molecule has 0 rings (SSSR count). The maximum absolute atomic E-state index is 12.5. The summed E-state index contributed by atoms with van der Waals surface area (Å²) in [6.45, 7) is 4.97. The molecule has 0 radical (unpaired) electrons. The molecular weight excluding hydrogens is 995 g/mol. The Hall–Kier alpha value is -1.92. The summed E-state index contributed by atoms with van der Waals surface area (Å²) in [4.78, 5) is 24.6. The van der Waals surface area contributed by atoms with Gasteiger partial charge in [-0.25, -0.2) is 0 Å². The summed E-state index contributed by atoms with van der Waals surface area (Å²) in [5.41, 5.74) is 0. The second-order valence-corrected chi connectivity index (χ2v) is 25.3. The summed E-state index contributed by atoms with van der Waals surface area (Å²) in [5, 5.41) is 23.4. The predicted octanol–water partition coefficient (Wildman–Crippen LogP) is 23.9. The van der Waals surface area contributed by atoms with Gasteiger partial charge in [0.25, 0.3) is 0 Å². The number of nitrogens with one attached hydrogen (secondary N) is 1. The second kappa shape index (κ2) is 70.6. The molecule has 2 atom stereocenters. The highest BCUT2D eigenvalue weighted by Crippen LogP contribution is 2.19. The van der Waals surface area contributed by atoms with E-state index in [0.29, 0.717) is 25.9 Å². The lowest BCUT2D eigenvalue weighted by molar-refractivity contribution is -0.143. The lowest BCUT2D eigenvalue weighted by Crippen LogP contribution is -2.45. The zero-order valence-corrected chi connectivity index (χ0v) is 54.8. The van der Waals surface area contributed by atoms with Gasteiger partial charge in [-0.05, 0) is 83.5 Å². The lowest BCUT2D eigenvalue weighted by Gasteiger charge is -2.22. The number of allylic oxidation sites excluding steroid dienone is 6. The molecule has 0 aromatic carbocycles. The Bertz CT molecular complexity index is 1310. The molecular formula is C75H143NO5. The summed E-state index contributed by atoms with van der Waals surface area (Å²) in [5.74, 6) is -0.0216. The number of hydrogen-bond donors (Lipinski definition) is 3. The number of amides is 1. The van der Waals surface area contributed by atoms with Crippen molar-refractivity contribution in [3.8, 4) is 0 Å². The zero-order chi connectivity index (χ0) is 58.5. The smallest absolute Gasteiger partial charge is 0.305 e. The number of carbonyl (C=O) groups is 2. The van der Waals surface area contributed by atoms with Gasteiger partial charge in [-0.2, -0.15) is 0 Å². The fraction of sp³-hybridized carbons (Fsp3) is 0.893. The molecule has 0 bridgehead atoms. The van der Waals surface area contributed by atoms with Crippen LogP contribution >= 0.6 is 0 Å². The van der Waals surface area contributed by atoms with Crippen LogP contribution in [0.15, 0.2) is 36.5 Å². The summed E-state index contributed by atoms with van der Waals surface area (Å²) in [6, 6.07) is -0.540. The minimum Gasteiger partial charge on any atom is -0.466 e. The van der Waals surface area contributed by atoms with Crippen molar-refractivity contribution in [2.24, 2.45) is 0 Å². The molecule has 0 aromatic rings. The Morgan fingerprint density at radius 1 is 0.346 bits per heavy atom. The highest BCUT2D eigenvalue weighted by Gasteiger charge is 2.20. The molecule has 478 valence electrons. The number of esters is 1. The van der Waals surface area contributed by atoms with Gasteiger partial charge in [0.05, 0.1) is 25.4 Å². The first-order chi connectivity index (χ1) is 40.0. The van der Waals surface area contributed by atoms with E-state index in [0.717, 1.165) is 51.4 Å². The molecule has 0 saturated heterocycles. The number of unbranched alkanes of at least 4 members (excludes halogenated alkanes) is 52. The van der Waals surface area contributed by atoms with Crippen molar-refractivity contribution in [1.82, 2.24) is 5.32 Å². The third-order valence-electron chi connectivity index (χ3n) is 17.2. The van der Waals surface area contributed by atoms with Crippen LogP contribution in [0, 0.1) is 0 Å². The Morgan fingerprint density at radius 3 is 0.963 bits per heavy atom. The topological polar surface area (TPSA) is 95.9 Å². The van der Waals surface area contributed by atoms with E-state index in [1.807, 2.05) is 0 Å². The van der Waals surface area contributed by atoms with Crippen LogP contribution in [0.4, 0.5) is 0 Å². The molecule has 3 N–H and O–H groups in total. The molecule has 0 aromatic heterocycles. The summed E-state index contributed by atoms with van der Waals surface area (Å²) >= 11 is 0. The van der Waals surface area contributed by atoms with Gasteiger partial charge in [0, 0.05) is 12.8 Å². The molecule has 0 saturated carbocycles. The number of carbonyl (C=O) groups excluding carboxylic acids is 2. The number of aliphatic hydroxyl groups excluding tert-OH is 2. The van der Waals surface area contributed by atoms with Crippen LogP contribution in [0.1, 0.15) is 406 Å². The van der Waals surface area contributed by atoms with Gasteiger partial charge in [0.1, 0.15) is 0 Å². The fourth-order valence-electron chi connectivity index (χ4n) is 11.6. The molecule has 1 amide bonds. The Labute approximate surface area is 506 Å². The first-order valence-corrected chi connectivity index (χ1v) is 36.7. The van der Waals surface area contributed by atoms with E-state index in [1.165, 1.54) is 321 Å². The predicted molar refractivity (Wildman–Crippen MR) is 356 cm³/mol. The SMILES string of the molecule is CCCCCC/C=C\CCCCCCCC(=O)OCCCCCCCCCCCCC/C=C\C/C=C\CCCCCCCCCCCCCCCCCCCC(=O)NC(CO)C(O)CCCCCCCCCCCCCCCCCC. The molecule has 0 spiro atoms. The van der Waals surface area contributed by atoms with Crippen molar-refractivity contribution >= 4 is 11.9 Å². The van der Waals surface area contributed by atoms with Gasteiger partial charge in [0.2, 0.25) is 5.91 Å². The van der Waals surface area contributed by atoms with Crippen LogP contribution in [-0.2, 0) is 14.3 Å². The molecule has 6 heteroatoms. The van der Waals surface area contributed by atoms with Gasteiger partial charge >= 0.3 is 5.97 Å². The molecule has 81 heavy (non-hydrogen) atoms. The van der Waals surface area contributed by atoms with Crippen molar-refractivity contribution in [3.05, 3.63) is 36.5 Å². The average Bonchev–Trinajstić information content (AvgIpc) is 3.47. The fourth-order valence-corrected chi connectivity index (χ4v) is 11.6. The molecule has 0 aliphatic heterocycles. The minimum atomic E-state index is -0.663. The van der Waals surface area contributed by atoms with Crippen molar-refractivity contribution in [2.45, 2.75) is 418 Å². The highest BCUT2D eigenvalue weighted by molar-refractivity contribution is 5.76. The van der Waals surface area contributed by atoms with Gasteiger partial charge in [-0.3, -0.25) is 9.59 Å². The largest absolute Gasteiger partial charge is 0.466 e. The number of hydrogen-bond acceptors (Lipinski definition) is 5. The number of ether oxygens (including phenoxy) is 1. The van der Waals surface area contributed by atoms with Crippen LogP contribution < -0.4 is 5.32 Å². The third-order valence-corrected chi connectivity index (χ3v) is 17.2. The quantitative estimate of drug-likeness (QED) is 0.0320. The van der Waals surface area contributed by atoms with E-state index >= 15 is 0 Å². The third kappa shape index (κ3) is 67.1. The first-order valence-electron chi connectivity index (χ1n) is 36.7. The van der Waals surface area contributed by atoms with Crippen molar-refractivity contribution in [1.29, 1.82) is 0 Å². The van der Waals surface area contributed by atoms with E-state index in [9.17, 15) is 19.8 Å². The lowest BCUT2D eigenvalue weighted by atomic mass is 10.0. The minimum absolute atomic E-state index is 0.00785. The maximum Gasteiger partial charge on any atom is 0.305 e. The van der Waals surface area contributed by atoms with Crippen molar-refractivity contribution in [3.63, 3.8) is 0 Å². The van der Waals surface area contributed by atoms with E-state index < -0.39 is 12.1 Å². The van der Waals surface area contributed by atoms with E-state index in [-0.39, 0.29) is 18.5 Å². The van der Waals surface area contributed by atoms with E-state index in [1.54, 1.807) is 0 Å². The molecule has 6 nitrogen and oxygen atoms in total. The van der Waals surface area contributed by atoms with Gasteiger partial charge in [0.15, 0.2) is 0 Å². The summed E-state index contributed by atoms with van der Waals surface area (Å²) in [6.07, 6.45) is 90.7. The Kier molecular flexibility index (Phi) is 68.9. The van der Waals surface area contributed by atoms with Crippen LogP contribution in [-0.4, -0.2) is 47.4 Å². The summed E-state index contributed by atoms with van der Waals surface area (Å²) < 4.78 is 5.48. The first kappa shape index (κ1) is 79.1. The van der Waals surface area contributed by atoms with Crippen molar-refractivity contribution < 1.29 is 24.5 Å². The Balaban J connectivity index is 3.37. The highest BCUT2D eigenvalue weighted by atomic mass is 16.5. The monoisotopic (exact) mass is 1140 g/mol. The number of rotatable bonds is 69. The number of aliphatic hydroxyl groups is 2. The molecule has 0 aliphatic carbocycles. The summed E-state index contributed by atoms with van der Waals surface area (Å²) in [7, 11) is 0.